The van der Waals surface area contributed by atoms with Gasteiger partial charge in [-0.3, -0.25) is 4.79 Å². The smallest absolute Gasteiger partial charge is 0.237 e. The van der Waals surface area contributed by atoms with E-state index in [0.717, 1.165) is 5.69 Å². The van der Waals surface area contributed by atoms with Crippen LogP contribution in [0.15, 0.2) is 43.0 Å². The van der Waals surface area contributed by atoms with Crippen LogP contribution in [0.1, 0.15) is 20.8 Å². The molecule has 0 unspecified atom stereocenters. The van der Waals surface area contributed by atoms with Gasteiger partial charge >= 0.3 is 0 Å². The number of anilines is 1. The molecule has 0 spiro atoms. The fourth-order valence-electron chi connectivity index (χ4n) is 1.44. The van der Waals surface area contributed by atoms with E-state index in [0.29, 0.717) is 12.3 Å². The van der Waals surface area contributed by atoms with Crippen molar-refractivity contribution >= 4 is 23.4 Å². The molecule has 0 heterocycles. The number of nitrogens with zero attached hydrogens (tertiary/aromatic N) is 1. The minimum atomic E-state index is 0.103. The number of para-hydroxylation sites is 1. The number of hydrogen-bond acceptors (Lipinski definition) is 2. The molecule has 0 saturated carbocycles. The van der Waals surface area contributed by atoms with Crippen molar-refractivity contribution in [2.75, 3.05) is 17.2 Å². The van der Waals surface area contributed by atoms with Gasteiger partial charge in [0.15, 0.2) is 0 Å². The predicted octanol–water partition coefficient (Wildman–Crippen LogP) is 3.74. The monoisotopic (exact) mass is 263 g/mol. The second-order valence-corrected chi connectivity index (χ2v) is 6.83. The van der Waals surface area contributed by atoms with Crippen molar-refractivity contribution in [2.45, 2.75) is 25.5 Å². The van der Waals surface area contributed by atoms with Gasteiger partial charge in [-0.15, -0.1) is 18.3 Å². The Hall–Kier alpha value is -1.22. The molecule has 1 amide bonds. The van der Waals surface area contributed by atoms with Crippen LogP contribution in [0.3, 0.4) is 0 Å². The first-order valence-corrected chi connectivity index (χ1v) is 7.03. The first-order chi connectivity index (χ1) is 8.44. The molecule has 0 radical (unpaired) electrons. The van der Waals surface area contributed by atoms with Crippen molar-refractivity contribution in [3.8, 4) is 0 Å². The fourth-order valence-corrected chi connectivity index (χ4v) is 2.16. The number of thioether (sulfide) groups is 1. The third-order valence-electron chi connectivity index (χ3n) is 2.31. The lowest BCUT2D eigenvalue weighted by molar-refractivity contribution is -0.116. The molecule has 0 aliphatic heterocycles. The molecule has 1 aromatic rings. The summed E-state index contributed by atoms with van der Waals surface area (Å²) in [6, 6.07) is 9.72. The zero-order valence-electron chi connectivity index (χ0n) is 11.3. The molecule has 0 aromatic heterocycles. The topological polar surface area (TPSA) is 20.3 Å². The number of benzene rings is 1. The Balaban J connectivity index is 2.73. The quantitative estimate of drug-likeness (QED) is 0.754. The van der Waals surface area contributed by atoms with Gasteiger partial charge in [-0.2, -0.15) is 0 Å². The van der Waals surface area contributed by atoms with Gasteiger partial charge in [0.05, 0.1) is 5.75 Å². The average molecular weight is 263 g/mol. The van der Waals surface area contributed by atoms with Crippen molar-refractivity contribution < 1.29 is 4.79 Å². The Morgan fingerprint density at radius 1 is 1.33 bits per heavy atom. The highest BCUT2D eigenvalue weighted by Crippen LogP contribution is 2.24. The summed E-state index contributed by atoms with van der Waals surface area (Å²) in [5, 5.41) is 0. The molecule has 3 heteroatoms. The molecule has 1 rings (SSSR count). The zero-order valence-corrected chi connectivity index (χ0v) is 12.2. The third-order valence-corrected chi connectivity index (χ3v) is 3.57. The maximum absolute atomic E-state index is 12.2. The summed E-state index contributed by atoms with van der Waals surface area (Å²) in [4.78, 5) is 14.0. The highest BCUT2D eigenvalue weighted by atomic mass is 32.2. The van der Waals surface area contributed by atoms with Gasteiger partial charge in [-0.25, -0.2) is 0 Å². The third kappa shape index (κ3) is 4.96. The standard InChI is InChI=1S/C15H21NOS/c1-5-11-16(13-9-7-6-8-10-13)14(17)12-18-15(2,3)4/h5-10H,1,11-12H2,2-4H3. The summed E-state index contributed by atoms with van der Waals surface area (Å²) >= 11 is 1.67. The summed E-state index contributed by atoms with van der Waals surface area (Å²) in [6.45, 7) is 10.6. The minimum absolute atomic E-state index is 0.103. The first-order valence-electron chi connectivity index (χ1n) is 6.04. The van der Waals surface area contributed by atoms with Crippen LogP contribution < -0.4 is 4.90 Å². The van der Waals surface area contributed by atoms with Crippen LogP contribution in [0, 0.1) is 0 Å². The van der Waals surface area contributed by atoms with E-state index in [2.05, 4.69) is 27.4 Å². The highest BCUT2D eigenvalue weighted by molar-refractivity contribution is 8.01. The lowest BCUT2D eigenvalue weighted by Crippen LogP contribution is -2.33. The van der Waals surface area contributed by atoms with E-state index in [1.165, 1.54) is 0 Å². The molecule has 2 nitrogen and oxygen atoms in total. The molecule has 0 fully saturated rings. The Kier molecular flexibility index (Phi) is 5.48. The number of amides is 1. The molecule has 0 atom stereocenters. The summed E-state index contributed by atoms with van der Waals surface area (Å²) < 4.78 is 0.103. The van der Waals surface area contributed by atoms with Gasteiger partial charge in [0.1, 0.15) is 0 Å². The molecular weight excluding hydrogens is 242 g/mol. The van der Waals surface area contributed by atoms with Crippen LogP contribution in [0.5, 0.6) is 0 Å². The Labute approximate surface area is 114 Å². The fraction of sp³-hybridized carbons (Fsp3) is 0.400. The van der Waals surface area contributed by atoms with Crippen LogP contribution in [-0.2, 0) is 4.79 Å². The maximum Gasteiger partial charge on any atom is 0.237 e. The van der Waals surface area contributed by atoms with E-state index in [-0.39, 0.29) is 10.7 Å². The average Bonchev–Trinajstić information content (AvgIpc) is 2.33. The maximum atomic E-state index is 12.2. The SMILES string of the molecule is C=CCN(C(=O)CSC(C)(C)C)c1ccccc1. The van der Waals surface area contributed by atoms with Crippen molar-refractivity contribution in [1.82, 2.24) is 0 Å². The zero-order chi connectivity index (χ0) is 13.6. The molecule has 98 valence electrons. The van der Waals surface area contributed by atoms with E-state index in [1.54, 1.807) is 22.7 Å². The highest BCUT2D eigenvalue weighted by Gasteiger charge is 2.18. The molecule has 0 aliphatic rings. The van der Waals surface area contributed by atoms with Crippen LogP contribution in [-0.4, -0.2) is 23.0 Å². The van der Waals surface area contributed by atoms with E-state index in [4.69, 9.17) is 0 Å². The van der Waals surface area contributed by atoms with Gasteiger partial charge in [0, 0.05) is 17.0 Å². The van der Waals surface area contributed by atoms with Crippen molar-refractivity contribution in [1.29, 1.82) is 0 Å². The lowest BCUT2D eigenvalue weighted by Gasteiger charge is -2.23. The lowest BCUT2D eigenvalue weighted by atomic mass is 10.3. The predicted molar refractivity (Wildman–Crippen MR) is 81.2 cm³/mol. The van der Waals surface area contributed by atoms with Gasteiger partial charge in [0.25, 0.3) is 0 Å². The molecule has 0 saturated heterocycles. The molecular formula is C15H21NOS. The summed E-state index contributed by atoms with van der Waals surface area (Å²) in [5.41, 5.74) is 0.928. The molecule has 0 aliphatic carbocycles. The van der Waals surface area contributed by atoms with E-state index in [1.807, 2.05) is 30.3 Å². The number of hydrogen-bond donors (Lipinski definition) is 0. The molecule has 0 bridgehead atoms. The largest absolute Gasteiger partial charge is 0.308 e. The normalized spacial score (nSPS) is 11.1. The second kappa shape index (κ2) is 6.64. The second-order valence-electron chi connectivity index (χ2n) is 5.03. The molecule has 0 N–H and O–H groups in total. The van der Waals surface area contributed by atoms with E-state index < -0.39 is 0 Å². The van der Waals surface area contributed by atoms with Crippen LogP contribution in [0.2, 0.25) is 0 Å². The summed E-state index contributed by atoms with van der Waals surface area (Å²) in [5.74, 6) is 0.618. The van der Waals surface area contributed by atoms with Gasteiger partial charge in [-0.1, -0.05) is 45.0 Å². The van der Waals surface area contributed by atoms with Crippen LogP contribution in [0.25, 0.3) is 0 Å². The first kappa shape index (κ1) is 14.8. The Morgan fingerprint density at radius 3 is 2.44 bits per heavy atom. The Bertz CT molecular complexity index is 395. The Morgan fingerprint density at radius 2 is 1.94 bits per heavy atom. The number of carbonyl (C=O) groups is 1. The van der Waals surface area contributed by atoms with Gasteiger partial charge in [0.2, 0.25) is 5.91 Å². The molecule has 1 aromatic carbocycles. The summed E-state index contributed by atoms with van der Waals surface area (Å²) in [6.07, 6.45) is 1.76. The van der Waals surface area contributed by atoms with Crippen LogP contribution in [0.4, 0.5) is 5.69 Å². The summed E-state index contributed by atoms with van der Waals surface area (Å²) in [7, 11) is 0. The minimum Gasteiger partial charge on any atom is -0.308 e. The molecule has 18 heavy (non-hydrogen) atoms. The van der Waals surface area contributed by atoms with Gasteiger partial charge in [-0.05, 0) is 12.1 Å². The van der Waals surface area contributed by atoms with E-state index >= 15 is 0 Å². The number of carbonyl (C=O) groups excluding carboxylic acids is 1. The number of rotatable bonds is 5. The van der Waals surface area contributed by atoms with Crippen molar-refractivity contribution in [2.24, 2.45) is 0 Å². The van der Waals surface area contributed by atoms with Crippen molar-refractivity contribution in [3.63, 3.8) is 0 Å². The van der Waals surface area contributed by atoms with Gasteiger partial charge < -0.3 is 4.90 Å². The van der Waals surface area contributed by atoms with Crippen molar-refractivity contribution in [3.05, 3.63) is 43.0 Å². The van der Waals surface area contributed by atoms with Crippen LogP contribution >= 0.6 is 11.8 Å². The van der Waals surface area contributed by atoms with E-state index in [9.17, 15) is 4.79 Å².